The fraction of sp³-hybridized carbons (Fsp3) is 0.556. The summed E-state index contributed by atoms with van der Waals surface area (Å²) in [4.78, 5) is 15.3. The van der Waals surface area contributed by atoms with Gasteiger partial charge in [0, 0.05) is 38.2 Å². The van der Waals surface area contributed by atoms with Crippen LogP contribution in [-0.2, 0) is 11.8 Å². The highest BCUT2D eigenvalue weighted by atomic mass is 16.1. The first-order valence-electron chi connectivity index (χ1n) is 4.26. The summed E-state index contributed by atoms with van der Waals surface area (Å²) in [7, 11) is 1.98. The molecule has 0 aliphatic heterocycles. The summed E-state index contributed by atoms with van der Waals surface area (Å²) in [5.74, 6) is 1.81. The Morgan fingerprint density at radius 1 is 1.67 bits per heavy atom. The van der Waals surface area contributed by atoms with Crippen molar-refractivity contribution in [2.75, 3.05) is 0 Å². The standard InChI is InChI=1S/C9H12N2O/c1-11-5-4-10-9(11)7-2-3-8(12)6-7/h4-5,7H,2-3,6H2,1H3/t7-/m0/s1. The van der Waals surface area contributed by atoms with E-state index in [4.69, 9.17) is 0 Å². The normalized spacial score (nSPS) is 23.4. The molecular weight excluding hydrogens is 152 g/mol. The summed E-state index contributed by atoms with van der Waals surface area (Å²) in [6, 6.07) is 0. The number of hydrogen-bond donors (Lipinski definition) is 0. The zero-order chi connectivity index (χ0) is 8.55. The van der Waals surface area contributed by atoms with Crippen LogP contribution in [0.3, 0.4) is 0 Å². The van der Waals surface area contributed by atoms with Crippen molar-refractivity contribution in [1.29, 1.82) is 0 Å². The van der Waals surface area contributed by atoms with Crippen LogP contribution in [0.25, 0.3) is 0 Å². The summed E-state index contributed by atoms with van der Waals surface area (Å²) in [6.45, 7) is 0. The molecule has 0 bridgehead atoms. The zero-order valence-electron chi connectivity index (χ0n) is 7.16. The molecule has 1 aliphatic rings. The molecule has 1 atom stereocenters. The smallest absolute Gasteiger partial charge is 0.133 e. The van der Waals surface area contributed by atoms with Crippen LogP contribution in [0.1, 0.15) is 31.0 Å². The molecule has 3 nitrogen and oxygen atoms in total. The minimum Gasteiger partial charge on any atom is -0.338 e. The Bertz CT molecular complexity index is 303. The SMILES string of the molecule is Cn1ccnc1[C@H]1CCC(=O)C1. The molecule has 64 valence electrons. The highest BCUT2D eigenvalue weighted by molar-refractivity contribution is 5.81. The van der Waals surface area contributed by atoms with Crippen molar-refractivity contribution in [3.63, 3.8) is 0 Å². The van der Waals surface area contributed by atoms with Gasteiger partial charge >= 0.3 is 0 Å². The lowest BCUT2D eigenvalue weighted by Crippen LogP contribution is -2.02. The van der Waals surface area contributed by atoms with Crippen molar-refractivity contribution in [2.45, 2.75) is 25.2 Å². The number of Topliss-reactive ketones (excluding diaryl/α,β-unsaturated/α-hetero) is 1. The van der Waals surface area contributed by atoms with Crippen molar-refractivity contribution < 1.29 is 4.79 Å². The number of nitrogens with zero attached hydrogens (tertiary/aromatic N) is 2. The molecule has 0 radical (unpaired) electrons. The summed E-state index contributed by atoms with van der Waals surface area (Å²) < 4.78 is 2.00. The van der Waals surface area contributed by atoms with E-state index in [1.165, 1.54) is 0 Å². The van der Waals surface area contributed by atoms with Crippen molar-refractivity contribution >= 4 is 5.78 Å². The number of ketones is 1. The molecule has 0 amide bonds. The van der Waals surface area contributed by atoms with Gasteiger partial charge in [-0.2, -0.15) is 0 Å². The summed E-state index contributed by atoms with van der Waals surface area (Å²) in [5.41, 5.74) is 0. The van der Waals surface area contributed by atoms with Gasteiger partial charge in [0.2, 0.25) is 0 Å². The van der Waals surface area contributed by atoms with Crippen molar-refractivity contribution in [2.24, 2.45) is 7.05 Å². The second-order valence-corrected chi connectivity index (χ2v) is 3.37. The number of aromatic nitrogens is 2. The molecule has 1 heterocycles. The van der Waals surface area contributed by atoms with Gasteiger partial charge in [-0.1, -0.05) is 0 Å². The van der Waals surface area contributed by atoms with Crippen LogP contribution < -0.4 is 0 Å². The molecule has 0 N–H and O–H groups in total. The van der Waals surface area contributed by atoms with E-state index in [2.05, 4.69) is 4.98 Å². The molecule has 0 saturated heterocycles. The van der Waals surface area contributed by atoms with E-state index < -0.39 is 0 Å². The molecule has 3 heteroatoms. The van der Waals surface area contributed by atoms with E-state index in [0.717, 1.165) is 18.7 Å². The van der Waals surface area contributed by atoms with Crippen molar-refractivity contribution in [1.82, 2.24) is 9.55 Å². The molecule has 1 fully saturated rings. The second kappa shape index (κ2) is 2.73. The molecule has 0 spiro atoms. The predicted octanol–water partition coefficient (Wildman–Crippen LogP) is 1.26. The van der Waals surface area contributed by atoms with Crippen LogP contribution >= 0.6 is 0 Å². The van der Waals surface area contributed by atoms with Crippen LogP contribution in [0.15, 0.2) is 12.4 Å². The summed E-state index contributed by atoms with van der Waals surface area (Å²) in [5, 5.41) is 0. The van der Waals surface area contributed by atoms with Gasteiger partial charge in [0.1, 0.15) is 11.6 Å². The van der Waals surface area contributed by atoms with Gasteiger partial charge in [0.05, 0.1) is 0 Å². The Kier molecular flexibility index (Phi) is 1.71. The Morgan fingerprint density at radius 2 is 2.50 bits per heavy atom. The van der Waals surface area contributed by atoms with Crippen LogP contribution in [0.2, 0.25) is 0 Å². The highest BCUT2D eigenvalue weighted by Crippen LogP contribution is 2.30. The van der Waals surface area contributed by atoms with Gasteiger partial charge in [-0.25, -0.2) is 4.98 Å². The van der Waals surface area contributed by atoms with E-state index >= 15 is 0 Å². The Balaban J connectivity index is 2.21. The average molecular weight is 164 g/mol. The van der Waals surface area contributed by atoms with E-state index in [9.17, 15) is 4.79 Å². The zero-order valence-corrected chi connectivity index (χ0v) is 7.16. The molecular formula is C9H12N2O. The summed E-state index contributed by atoms with van der Waals surface area (Å²) >= 11 is 0. The lowest BCUT2D eigenvalue weighted by Gasteiger charge is -2.06. The monoisotopic (exact) mass is 164 g/mol. The largest absolute Gasteiger partial charge is 0.338 e. The van der Waals surface area contributed by atoms with Crippen molar-refractivity contribution in [3.8, 4) is 0 Å². The van der Waals surface area contributed by atoms with E-state index in [1.807, 2.05) is 17.8 Å². The van der Waals surface area contributed by atoms with Gasteiger partial charge < -0.3 is 4.57 Å². The topological polar surface area (TPSA) is 34.9 Å². The van der Waals surface area contributed by atoms with Gasteiger partial charge in [-0.15, -0.1) is 0 Å². The molecule has 0 unspecified atom stereocenters. The Labute approximate surface area is 71.4 Å². The molecule has 1 saturated carbocycles. The third-order valence-electron chi connectivity index (χ3n) is 2.47. The van der Waals surface area contributed by atoms with Crippen LogP contribution in [0.5, 0.6) is 0 Å². The number of hydrogen-bond acceptors (Lipinski definition) is 2. The lowest BCUT2D eigenvalue weighted by molar-refractivity contribution is -0.117. The minimum atomic E-state index is 0.373. The average Bonchev–Trinajstić information content (AvgIpc) is 2.58. The Morgan fingerprint density at radius 3 is 3.00 bits per heavy atom. The van der Waals surface area contributed by atoms with Gasteiger partial charge in [-0.05, 0) is 6.42 Å². The number of carbonyl (C=O) groups is 1. The molecule has 1 aliphatic carbocycles. The molecule has 12 heavy (non-hydrogen) atoms. The van der Waals surface area contributed by atoms with Gasteiger partial charge in [0.25, 0.3) is 0 Å². The fourth-order valence-electron chi connectivity index (χ4n) is 1.81. The number of imidazole rings is 1. The predicted molar refractivity (Wildman–Crippen MR) is 44.8 cm³/mol. The second-order valence-electron chi connectivity index (χ2n) is 3.37. The quantitative estimate of drug-likeness (QED) is 0.626. The number of rotatable bonds is 1. The fourth-order valence-corrected chi connectivity index (χ4v) is 1.81. The molecule has 1 aromatic rings. The van der Waals surface area contributed by atoms with Crippen LogP contribution in [0, 0.1) is 0 Å². The molecule has 0 aromatic carbocycles. The maximum Gasteiger partial charge on any atom is 0.133 e. The first kappa shape index (κ1) is 7.53. The molecule has 1 aromatic heterocycles. The number of aryl methyl sites for hydroxylation is 1. The van der Waals surface area contributed by atoms with Crippen molar-refractivity contribution in [3.05, 3.63) is 18.2 Å². The third kappa shape index (κ3) is 1.15. The first-order valence-corrected chi connectivity index (χ1v) is 4.26. The molecule has 2 rings (SSSR count). The van der Waals surface area contributed by atoms with E-state index in [0.29, 0.717) is 18.1 Å². The minimum absolute atomic E-state index is 0.373. The summed E-state index contributed by atoms with van der Waals surface area (Å²) in [6.07, 6.45) is 6.11. The lowest BCUT2D eigenvalue weighted by atomic mass is 10.1. The van der Waals surface area contributed by atoms with Crippen LogP contribution in [0.4, 0.5) is 0 Å². The maximum atomic E-state index is 11.0. The first-order chi connectivity index (χ1) is 5.77. The number of carbonyl (C=O) groups excluding carboxylic acids is 1. The van der Waals surface area contributed by atoms with E-state index in [-0.39, 0.29) is 0 Å². The van der Waals surface area contributed by atoms with Gasteiger partial charge in [-0.3, -0.25) is 4.79 Å². The maximum absolute atomic E-state index is 11.0. The third-order valence-corrected chi connectivity index (χ3v) is 2.47. The van der Waals surface area contributed by atoms with Crippen LogP contribution in [-0.4, -0.2) is 15.3 Å². The Hall–Kier alpha value is -1.12. The highest BCUT2D eigenvalue weighted by Gasteiger charge is 2.25. The van der Waals surface area contributed by atoms with E-state index in [1.54, 1.807) is 6.20 Å². The van der Waals surface area contributed by atoms with Gasteiger partial charge in [0.15, 0.2) is 0 Å².